The summed E-state index contributed by atoms with van der Waals surface area (Å²) in [6, 6.07) is 6.75. The van der Waals surface area contributed by atoms with E-state index in [1.165, 1.54) is 6.07 Å². The Morgan fingerprint density at radius 1 is 1.29 bits per heavy atom. The molecule has 0 spiro atoms. The van der Waals surface area contributed by atoms with Crippen LogP contribution in [0.1, 0.15) is 37.0 Å². The number of aromatic nitrogens is 1. The van der Waals surface area contributed by atoms with Crippen molar-refractivity contribution in [3.8, 4) is 0 Å². The minimum Gasteiger partial charge on any atom is -0.246 e. The fourth-order valence-corrected chi connectivity index (χ4v) is 3.53. The van der Waals surface area contributed by atoms with Crippen molar-refractivity contribution in [1.82, 2.24) is 4.98 Å². The molecule has 0 saturated heterocycles. The van der Waals surface area contributed by atoms with Crippen molar-refractivity contribution in [2.45, 2.75) is 39.0 Å². The molecule has 114 valence electrons. The number of thiazole rings is 1. The summed E-state index contributed by atoms with van der Waals surface area (Å²) in [5.74, 6) is 0.651. The first-order chi connectivity index (χ1) is 9.88. The van der Waals surface area contributed by atoms with E-state index in [0.717, 1.165) is 29.1 Å². The fraction of sp³-hybridized carbons (Fsp3) is 0.471. The molecule has 1 aromatic heterocycles. The van der Waals surface area contributed by atoms with Crippen molar-refractivity contribution in [2.75, 3.05) is 5.88 Å². The largest absolute Gasteiger partial charge is 0.246 e. The molecule has 0 fully saturated rings. The van der Waals surface area contributed by atoms with Crippen LogP contribution in [0.3, 0.4) is 0 Å². The van der Waals surface area contributed by atoms with Gasteiger partial charge in [0.25, 0.3) is 0 Å². The van der Waals surface area contributed by atoms with Crippen LogP contribution in [0.25, 0.3) is 0 Å². The Hall–Kier alpha value is -0.930. The Morgan fingerprint density at radius 3 is 2.62 bits per heavy atom. The Morgan fingerprint density at radius 2 is 2.05 bits per heavy atom. The fourth-order valence-electron chi connectivity index (χ4n) is 2.17. The second-order valence-corrected chi connectivity index (χ2v) is 7.69. The van der Waals surface area contributed by atoms with Gasteiger partial charge in [0.1, 0.15) is 5.82 Å². The van der Waals surface area contributed by atoms with Crippen LogP contribution in [-0.2, 0) is 18.3 Å². The van der Waals surface area contributed by atoms with E-state index < -0.39 is 0 Å². The maximum Gasteiger partial charge on any atom is 0.123 e. The lowest BCUT2D eigenvalue weighted by molar-refractivity contribution is 0.554. The van der Waals surface area contributed by atoms with Crippen LogP contribution in [0.5, 0.6) is 0 Å². The van der Waals surface area contributed by atoms with Gasteiger partial charge >= 0.3 is 0 Å². The smallest absolute Gasteiger partial charge is 0.123 e. The molecule has 1 unspecified atom stereocenters. The van der Waals surface area contributed by atoms with E-state index in [-0.39, 0.29) is 17.2 Å². The van der Waals surface area contributed by atoms with Gasteiger partial charge in [0, 0.05) is 23.1 Å². The second kappa shape index (κ2) is 6.89. The summed E-state index contributed by atoms with van der Waals surface area (Å²) < 4.78 is 13.2. The molecule has 0 bridgehead atoms. The van der Waals surface area contributed by atoms with E-state index in [9.17, 15) is 4.39 Å². The van der Waals surface area contributed by atoms with E-state index in [2.05, 4.69) is 26.2 Å². The number of nitrogens with zero attached hydrogens (tertiary/aromatic N) is 1. The highest BCUT2D eigenvalue weighted by Gasteiger charge is 2.19. The van der Waals surface area contributed by atoms with E-state index in [1.54, 1.807) is 23.5 Å². The second-order valence-electron chi connectivity index (χ2n) is 6.43. The average Bonchev–Trinajstić information content (AvgIpc) is 2.86. The lowest BCUT2D eigenvalue weighted by Gasteiger charge is -2.15. The van der Waals surface area contributed by atoms with Crippen molar-refractivity contribution >= 4 is 22.9 Å². The van der Waals surface area contributed by atoms with Gasteiger partial charge in [0.15, 0.2) is 0 Å². The van der Waals surface area contributed by atoms with Crippen LogP contribution in [-0.4, -0.2) is 10.9 Å². The number of alkyl halides is 1. The maximum absolute atomic E-state index is 13.2. The molecule has 0 radical (unpaired) electrons. The zero-order valence-corrected chi connectivity index (χ0v) is 14.3. The summed E-state index contributed by atoms with van der Waals surface area (Å²) in [5, 5.41) is 3.24. The number of hydrogen-bond donors (Lipinski definition) is 0. The first kappa shape index (κ1) is 16.4. The summed E-state index contributed by atoms with van der Waals surface area (Å²) in [5.41, 5.74) is 2.20. The molecular weight excluding hydrogens is 305 g/mol. The van der Waals surface area contributed by atoms with Crippen molar-refractivity contribution < 1.29 is 4.39 Å². The van der Waals surface area contributed by atoms with Crippen molar-refractivity contribution in [2.24, 2.45) is 5.92 Å². The number of halogens is 2. The quantitative estimate of drug-likeness (QED) is 0.687. The Bertz CT molecular complexity index is 588. The van der Waals surface area contributed by atoms with Crippen LogP contribution in [0.15, 0.2) is 29.6 Å². The first-order valence-electron chi connectivity index (χ1n) is 7.14. The molecule has 0 saturated carbocycles. The van der Waals surface area contributed by atoms with Crippen molar-refractivity contribution in [3.05, 3.63) is 51.7 Å². The van der Waals surface area contributed by atoms with Gasteiger partial charge in [0.2, 0.25) is 0 Å². The van der Waals surface area contributed by atoms with Crippen LogP contribution in [0, 0.1) is 11.7 Å². The van der Waals surface area contributed by atoms with Crippen LogP contribution >= 0.6 is 22.9 Å². The molecule has 2 rings (SSSR count). The molecule has 1 atom stereocenters. The van der Waals surface area contributed by atoms with Gasteiger partial charge < -0.3 is 0 Å². The predicted octanol–water partition coefficient (Wildman–Crippen LogP) is 5.22. The molecule has 2 aromatic rings. The molecule has 1 aromatic carbocycles. The molecule has 0 N–H and O–H groups in total. The van der Waals surface area contributed by atoms with Gasteiger partial charge in [-0.3, -0.25) is 0 Å². The van der Waals surface area contributed by atoms with Gasteiger partial charge in [-0.1, -0.05) is 32.9 Å². The van der Waals surface area contributed by atoms with Crippen molar-refractivity contribution in [1.29, 1.82) is 0 Å². The zero-order chi connectivity index (χ0) is 15.5. The molecular formula is C17H21ClFNS. The summed E-state index contributed by atoms with van der Waals surface area (Å²) in [6.07, 6.45) is 1.63. The van der Waals surface area contributed by atoms with E-state index in [4.69, 9.17) is 16.6 Å². The summed E-state index contributed by atoms with van der Waals surface area (Å²) in [6.45, 7) is 6.49. The van der Waals surface area contributed by atoms with Crippen LogP contribution in [0.2, 0.25) is 0 Å². The normalized spacial score (nSPS) is 13.4. The third kappa shape index (κ3) is 4.79. The Kier molecular flexibility index (Phi) is 5.39. The van der Waals surface area contributed by atoms with E-state index in [0.29, 0.717) is 5.88 Å². The number of hydrogen-bond acceptors (Lipinski definition) is 2. The Labute approximate surface area is 135 Å². The zero-order valence-electron chi connectivity index (χ0n) is 12.7. The van der Waals surface area contributed by atoms with E-state index >= 15 is 0 Å². The minimum absolute atomic E-state index is 0.0772. The number of rotatable bonds is 5. The van der Waals surface area contributed by atoms with Gasteiger partial charge in [-0.2, -0.15) is 0 Å². The Balaban J connectivity index is 2.04. The molecule has 1 nitrogen and oxygen atoms in total. The lowest BCUT2D eigenvalue weighted by atomic mass is 9.93. The third-order valence-electron chi connectivity index (χ3n) is 3.42. The molecule has 0 aliphatic carbocycles. The molecule has 0 aliphatic rings. The van der Waals surface area contributed by atoms with Crippen molar-refractivity contribution in [3.63, 3.8) is 0 Å². The maximum atomic E-state index is 13.2. The minimum atomic E-state index is -0.190. The lowest BCUT2D eigenvalue weighted by Crippen LogP contribution is -2.13. The summed E-state index contributed by atoms with van der Waals surface area (Å²) in [4.78, 5) is 4.71. The highest BCUT2D eigenvalue weighted by molar-refractivity contribution is 7.09. The average molecular weight is 326 g/mol. The standard InChI is InChI=1S/C17H21ClFNS/c1-17(2,3)15-11-21-16(20-15)9-13(10-18)7-12-5-4-6-14(19)8-12/h4-6,8,11,13H,7,9-10H2,1-3H3. The van der Waals surface area contributed by atoms with Crippen LogP contribution in [0.4, 0.5) is 4.39 Å². The van der Waals surface area contributed by atoms with Gasteiger partial charge in [0.05, 0.1) is 10.7 Å². The van der Waals surface area contributed by atoms with E-state index in [1.807, 2.05) is 6.07 Å². The molecule has 21 heavy (non-hydrogen) atoms. The SMILES string of the molecule is CC(C)(C)c1csc(CC(CCl)Cc2cccc(F)c2)n1. The highest BCUT2D eigenvalue weighted by atomic mass is 35.5. The monoisotopic (exact) mass is 325 g/mol. The van der Waals surface area contributed by atoms with Gasteiger partial charge in [-0.15, -0.1) is 22.9 Å². The molecule has 0 amide bonds. The predicted molar refractivity (Wildman–Crippen MR) is 88.8 cm³/mol. The third-order valence-corrected chi connectivity index (χ3v) is 4.72. The van der Waals surface area contributed by atoms with Gasteiger partial charge in [-0.25, -0.2) is 9.37 Å². The topological polar surface area (TPSA) is 12.9 Å². The van der Waals surface area contributed by atoms with Crippen LogP contribution < -0.4 is 0 Å². The van der Waals surface area contributed by atoms with Gasteiger partial charge in [-0.05, 0) is 30.0 Å². The molecule has 1 heterocycles. The number of benzene rings is 1. The molecule has 4 heteroatoms. The highest BCUT2D eigenvalue weighted by Crippen LogP contribution is 2.26. The first-order valence-corrected chi connectivity index (χ1v) is 8.55. The molecule has 0 aliphatic heterocycles. The summed E-state index contributed by atoms with van der Waals surface area (Å²) in [7, 11) is 0. The summed E-state index contributed by atoms with van der Waals surface area (Å²) >= 11 is 7.78.